The maximum atomic E-state index is 2.27. The van der Waals surface area contributed by atoms with Gasteiger partial charge in [0.15, 0.2) is 0 Å². The van der Waals surface area contributed by atoms with E-state index in [1.807, 2.05) is 0 Å². The summed E-state index contributed by atoms with van der Waals surface area (Å²) in [7, 11) is 0.120. The van der Waals surface area contributed by atoms with Gasteiger partial charge in [-0.15, -0.1) is 12.4 Å². The van der Waals surface area contributed by atoms with Gasteiger partial charge in [0.25, 0.3) is 0 Å². The van der Waals surface area contributed by atoms with Crippen molar-refractivity contribution in [1.82, 2.24) is 0 Å². The molecular formula is C4H13ClSiZn-. The Bertz CT molecular complexity index is 16.4. The van der Waals surface area contributed by atoms with E-state index in [9.17, 15) is 0 Å². The summed E-state index contributed by atoms with van der Waals surface area (Å²) in [6, 6.07) is 0. The molecule has 0 atom stereocenters. The molecule has 0 heterocycles. The van der Waals surface area contributed by atoms with Crippen LogP contribution in [-0.2, 0) is 19.5 Å². The second-order valence-electron chi connectivity index (χ2n) is 1.50. The zero-order valence-corrected chi connectivity index (χ0v) is 10.4. The SMILES string of the molecule is C[Si](C)C.Cl.[CH3-].[Zn]. The molecule has 0 aliphatic carbocycles. The normalized spacial score (nSPS) is 5.14. The maximum absolute atomic E-state index is 2.27. The van der Waals surface area contributed by atoms with E-state index < -0.39 is 0 Å². The minimum absolute atomic E-state index is 0. The minimum atomic E-state index is 0. The van der Waals surface area contributed by atoms with Crippen LogP contribution in [0.3, 0.4) is 0 Å². The van der Waals surface area contributed by atoms with E-state index in [0.717, 1.165) is 0 Å². The van der Waals surface area contributed by atoms with Gasteiger partial charge in [-0.25, -0.2) is 0 Å². The van der Waals surface area contributed by atoms with E-state index in [-0.39, 0.29) is 48.1 Å². The van der Waals surface area contributed by atoms with E-state index in [2.05, 4.69) is 19.6 Å². The molecule has 0 rings (SSSR count). The predicted molar refractivity (Wildman–Crippen MR) is 37.0 cm³/mol. The molecule has 7 heavy (non-hydrogen) atoms. The third-order valence-corrected chi connectivity index (χ3v) is 0. The van der Waals surface area contributed by atoms with Crippen LogP contribution in [0.5, 0.6) is 0 Å². The van der Waals surface area contributed by atoms with Gasteiger partial charge in [-0.1, -0.05) is 19.6 Å². The van der Waals surface area contributed by atoms with Crippen LogP contribution in [-0.4, -0.2) is 8.80 Å². The van der Waals surface area contributed by atoms with Gasteiger partial charge in [0.2, 0.25) is 0 Å². The topological polar surface area (TPSA) is 0 Å². The monoisotopic (exact) mass is 188 g/mol. The van der Waals surface area contributed by atoms with Crippen LogP contribution in [0.1, 0.15) is 0 Å². The van der Waals surface area contributed by atoms with E-state index in [1.165, 1.54) is 0 Å². The Morgan fingerprint density at radius 2 is 1.00 bits per heavy atom. The summed E-state index contributed by atoms with van der Waals surface area (Å²) in [6.07, 6.45) is 0. The van der Waals surface area contributed by atoms with Crippen LogP contribution in [0.4, 0.5) is 0 Å². The van der Waals surface area contributed by atoms with Crippen molar-refractivity contribution in [3.05, 3.63) is 7.43 Å². The molecule has 0 aromatic carbocycles. The Balaban J connectivity index is -0.0000000150. The van der Waals surface area contributed by atoms with Crippen molar-refractivity contribution in [2.45, 2.75) is 19.6 Å². The van der Waals surface area contributed by atoms with Crippen molar-refractivity contribution in [2.24, 2.45) is 0 Å². The molecule has 1 radical (unpaired) electrons. The molecule has 0 N–H and O–H groups in total. The Labute approximate surface area is 67.9 Å². The molecule has 0 aliphatic heterocycles. The molecule has 0 aromatic heterocycles. The van der Waals surface area contributed by atoms with Gasteiger partial charge in [-0.3, -0.25) is 0 Å². The average molecular weight is 190 g/mol. The average Bonchev–Trinajstić information content (AvgIpc) is 0.811. The fourth-order valence-electron chi connectivity index (χ4n) is 0. The Morgan fingerprint density at radius 1 is 1.00 bits per heavy atom. The first-order valence-electron chi connectivity index (χ1n) is 1.50. The first-order chi connectivity index (χ1) is 1.73. The van der Waals surface area contributed by atoms with Crippen molar-refractivity contribution in [2.75, 3.05) is 0 Å². The molecule has 3 heteroatoms. The predicted octanol–water partition coefficient (Wildman–Crippen LogP) is 2.24. The molecular weight excluding hydrogens is 177 g/mol. The number of rotatable bonds is 0. The summed E-state index contributed by atoms with van der Waals surface area (Å²) in [5.74, 6) is 0. The Hall–Kier alpha value is 1.13. The zero-order chi connectivity index (χ0) is 3.58. The van der Waals surface area contributed by atoms with Gasteiger partial charge in [-0.05, 0) is 0 Å². The van der Waals surface area contributed by atoms with Gasteiger partial charge in [-0.2, -0.15) is 0 Å². The van der Waals surface area contributed by atoms with Crippen LogP contribution < -0.4 is 0 Å². The van der Waals surface area contributed by atoms with E-state index >= 15 is 0 Å². The second-order valence-corrected chi connectivity index (χ2v) is 4.50. The standard InChI is InChI=1S/C3H9Si.CH3.ClH.Zn/c1-4(2)3;;;/h1-3H3;1H3;1H;/q;-1;;. The van der Waals surface area contributed by atoms with Crippen molar-refractivity contribution >= 4 is 21.2 Å². The summed E-state index contributed by atoms with van der Waals surface area (Å²) >= 11 is 0. The summed E-state index contributed by atoms with van der Waals surface area (Å²) in [6.45, 7) is 6.81. The Kier molecular flexibility index (Phi) is 54.4. The van der Waals surface area contributed by atoms with Gasteiger partial charge in [0.05, 0.1) is 0 Å². The largest absolute Gasteiger partial charge is 0.358 e. The fourth-order valence-corrected chi connectivity index (χ4v) is 0. The summed E-state index contributed by atoms with van der Waals surface area (Å²) < 4.78 is 0. The number of halogens is 1. The fraction of sp³-hybridized carbons (Fsp3) is 0.750. The molecule has 0 saturated heterocycles. The number of hydrogen-bond donors (Lipinski definition) is 0. The molecule has 43 valence electrons. The molecule has 0 spiro atoms. The molecule has 0 fully saturated rings. The molecule has 0 unspecified atom stereocenters. The summed E-state index contributed by atoms with van der Waals surface area (Å²) in [5.41, 5.74) is 0. The van der Waals surface area contributed by atoms with Crippen LogP contribution >= 0.6 is 12.4 Å². The van der Waals surface area contributed by atoms with Crippen LogP contribution in [0.25, 0.3) is 0 Å². The van der Waals surface area contributed by atoms with E-state index in [1.54, 1.807) is 0 Å². The second kappa shape index (κ2) is 15.7. The van der Waals surface area contributed by atoms with Gasteiger partial charge >= 0.3 is 0 Å². The minimum Gasteiger partial charge on any atom is -0.358 e. The molecule has 0 amide bonds. The van der Waals surface area contributed by atoms with Crippen LogP contribution in [0.15, 0.2) is 0 Å². The molecule has 0 aromatic rings. The quantitative estimate of drug-likeness (QED) is 0.406. The maximum Gasteiger partial charge on any atom is 0.0379 e. The number of hydrogen-bond acceptors (Lipinski definition) is 0. The van der Waals surface area contributed by atoms with Gasteiger partial charge < -0.3 is 7.43 Å². The zero-order valence-electron chi connectivity index (χ0n) is 5.62. The van der Waals surface area contributed by atoms with E-state index in [0.29, 0.717) is 0 Å². The third kappa shape index (κ3) is 147. The first-order valence-corrected chi connectivity index (χ1v) is 4.50. The van der Waals surface area contributed by atoms with Gasteiger partial charge in [0, 0.05) is 28.3 Å². The van der Waals surface area contributed by atoms with Crippen LogP contribution in [0, 0.1) is 7.43 Å². The molecule has 0 bridgehead atoms. The summed E-state index contributed by atoms with van der Waals surface area (Å²) in [5, 5.41) is 0. The van der Waals surface area contributed by atoms with Crippen LogP contribution in [0.2, 0.25) is 19.6 Å². The third-order valence-electron chi connectivity index (χ3n) is 0. The molecule has 0 saturated carbocycles. The molecule has 0 aliphatic rings. The summed E-state index contributed by atoms with van der Waals surface area (Å²) in [4.78, 5) is 0. The Morgan fingerprint density at radius 3 is 1.00 bits per heavy atom. The van der Waals surface area contributed by atoms with Crippen molar-refractivity contribution in [3.63, 3.8) is 0 Å². The van der Waals surface area contributed by atoms with Crippen molar-refractivity contribution in [3.8, 4) is 0 Å². The van der Waals surface area contributed by atoms with E-state index in [4.69, 9.17) is 0 Å². The smallest absolute Gasteiger partial charge is 0.0379 e. The van der Waals surface area contributed by atoms with Crippen molar-refractivity contribution < 1.29 is 19.5 Å². The van der Waals surface area contributed by atoms with Crippen molar-refractivity contribution in [1.29, 1.82) is 0 Å². The van der Waals surface area contributed by atoms with Gasteiger partial charge in [0.1, 0.15) is 0 Å². The molecule has 0 nitrogen and oxygen atoms in total. The first kappa shape index (κ1) is 24.2.